The summed E-state index contributed by atoms with van der Waals surface area (Å²) in [4.78, 5) is 0. The van der Waals surface area contributed by atoms with Gasteiger partial charge in [0.25, 0.3) is 0 Å². The summed E-state index contributed by atoms with van der Waals surface area (Å²) in [6, 6.07) is 10.1. The fourth-order valence-electron chi connectivity index (χ4n) is 2.14. The fraction of sp³-hybridized carbons (Fsp3) is 0.467. The van der Waals surface area contributed by atoms with Crippen LogP contribution in [-0.4, -0.2) is 25.6 Å². The van der Waals surface area contributed by atoms with Crippen LogP contribution in [0.15, 0.2) is 43.0 Å². The zero-order valence-corrected chi connectivity index (χ0v) is 10.8. The Morgan fingerprint density at radius 1 is 1.44 bits per heavy atom. The molecule has 3 nitrogen and oxygen atoms in total. The molecule has 2 rings (SSSR count). The van der Waals surface area contributed by atoms with Crippen LogP contribution in [-0.2, 0) is 20.8 Å². The van der Waals surface area contributed by atoms with Crippen molar-refractivity contribution in [3.63, 3.8) is 0 Å². The normalized spacial score (nSPS) is 27.3. The smallest absolute Gasteiger partial charge is 0.158 e. The van der Waals surface area contributed by atoms with Gasteiger partial charge in [0.1, 0.15) is 5.60 Å². The van der Waals surface area contributed by atoms with Gasteiger partial charge in [-0.05, 0) is 12.0 Å². The van der Waals surface area contributed by atoms with Crippen LogP contribution in [0, 0.1) is 0 Å². The van der Waals surface area contributed by atoms with E-state index in [-0.39, 0.29) is 6.29 Å². The van der Waals surface area contributed by atoms with Gasteiger partial charge >= 0.3 is 0 Å². The lowest BCUT2D eigenvalue weighted by molar-refractivity contribution is -0.156. The van der Waals surface area contributed by atoms with E-state index in [0.29, 0.717) is 13.2 Å². The molecule has 0 spiro atoms. The quantitative estimate of drug-likeness (QED) is 0.724. The highest BCUT2D eigenvalue weighted by atomic mass is 16.7. The Kier molecular flexibility index (Phi) is 4.53. The van der Waals surface area contributed by atoms with Gasteiger partial charge in [-0.15, -0.1) is 6.58 Å². The second-order valence-corrected chi connectivity index (χ2v) is 4.57. The zero-order valence-electron chi connectivity index (χ0n) is 10.8. The summed E-state index contributed by atoms with van der Waals surface area (Å²) in [5.74, 6) is 0. The van der Waals surface area contributed by atoms with Gasteiger partial charge in [-0.1, -0.05) is 36.4 Å². The molecule has 98 valence electrons. The van der Waals surface area contributed by atoms with E-state index < -0.39 is 5.60 Å². The monoisotopic (exact) mass is 248 g/mol. The summed E-state index contributed by atoms with van der Waals surface area (Å²) in [6.07, 6.45) is 3.47. The summed E-state index contributed by atoms with van der Waals surface area (Å²) in [5, 5.41) is 0. The minimum Gasteiger partial charge on any atom is -0.373 e. The predicted octanol–water partition coefficient (Wildman–Crippen LogP) is 2.91. The first-order chi connectivity index (χ1) is 8.78. The van der Waals surface area contributed by atoms with Gasteiger partial charge in [0.2, 0.25) is 0 Å². The van der Waals surface area contributed by atoms with E-state index in [4.69, 9.17) is 14.2 Å². The molecule has 1 fully saturated rings. The minimum absolute atomic E-state index is 0.136. The average molecular weight is 248 g/mol. The van der Waals surface area contributed by atoms with E-state index in [1.807, 2.05) is 36.4 Å². The van der Waals surface area contributed by atoms with Crippen molar-refractivity contribution in [2.24, 2.45) is 0 Å². The Bertz CT molecular complexity index is 377. The van der Waals surface area contributed by atoms with Crippen molar-refractivity contribution < 1.29 is 14.2 Å². The predicted molar refractivity (Wildman–Crippen MR) is 70.1 cm³/mol. The largest absolute Gasteiger partial charge is 0.373 e. The second kappa shape index (κ2) is 6.14. The molecule has 1 aromatic rings. The molecule has 3 heteroatoms. The molecule has 1 heterocycles. The number of benzene rings is 1. The maximum Gasteiger partial charge on any atom is 0.158 e. The average Bonchev–Trinajstić information content (AvgIpc) is 2.84. The Hall–Kier alpha value is -1.16. The molecule has 0 saturated carbocycles. The van der Waals surface area contributed by atoms with Crippen molar-refractivity contribution >= 4 is 0 Å². The molecular weight excluding hydrogens is 228 g/mol. The first-order valence-corrected chi connectivity index (χ1v) is 6.24. The van der Waals surface area contributed by atoms with Crippen LogP contribution in [0.25, 0.3) is 0 Å². The Labute approximate surface area is 108 Å². The molecule has 0 bridgehead atoms. The van der Waals surface area contributed by atoms with Crippen molar-refractivity contribution in [1.82, 2.24) is 0 Å². The van der Waals surface area contributed by atoms with Crippen LogP contribution < -0.4 is 0 Å². The Morgan fingerprint density at radius 3 is 2.83 bits per heavy atom. The summed E-state index contributed by atoms with van der Waals surface area (Å²) >= 11 is 0. The molecule has 1 aliphatic rings. The maximum absolute atomic E-state index is 5.82. The molecule has 0 aromatic heterocycles. The molecule has 1 aromatic carbocycles. The van der Waals surface area contributed by atoms with E-state index in [2.05, 4.69) is 6.58 Å². The van der Waals surface area contributed by atoms with Crippen LogP contribution in [0.2, 0.25) is 0 Å². The standard InChI is InChI=1S/C15H20O3/c1-3-15(10-9-14(16-2)18-15)12-17-11-13-7-5-4-6-8-13/h3-8,14H,1,9-12H2,2H3/t14-,15+/m1/s1. The number of methoxy groups -OCH3 is 1. The third kappa shape index (κ3) is 3.19. The molecule has 1 aliphatic heterocycles. The molecular formula is C15H20O3. The van der Waals surface area contributed by atoms with Gasteiger partial charge in [0.15, 0.2) is 6.29 Å². The molecule has 0 amide bonds. The SMILES string of the molecule is C=C[C@@]1(COCc2ccccc2)CC[C@H](OC)O1. The molecule has 0 radical (unpaired) electrons. The molecule has 18 heavy (non-hydrogen) atoms. The highest BCUT2D eigenvalue weighted by Gasteiger charge is 2.38. The molecule has 2 atom stereocenters. The van der Waals surface area contributed by atoms with E-state index in [1.165, 1.54) is 0 Å². The number of rotatable bonds is 6. The van der Waals surface area contributed by atoms with Gasteiger partial charge in [-0.3, -0.25) is 0 Å². The lowest BCUT2D eigenvalue weighted by atomic mass is 10.0. The number of ether oxygens (including phenoxy) is 3. The first-order valence-electron chi connectivity index (χ1n) is 6.24. The van der Waals surface area contributed by atoms with Crippen LogP contribution in [0.1, 0.15) is 18.4 Å². The van der Waals surface area contributed by atoms with Crippen molar-refractivity contribution in [1.29, 1.82) is 0 Å². The van der Waals surface area contributed by atoms with E-state index in [0.717, 1.165) is 18.4 Å². The topological polar surface area (TPSA) is 27.7 Å². The van der Waals surface area contributed by atoms with Crippen LogP contribution >= 0.6 is 0 Å². The highest BCUT2D eigenvalue weighted by Crippen LogP contribution is 2.32. The van der Waals surface area contributed by atoms with E-state index >= 15 is 0 Å². The Balaban J connectivity index is 1.83. The van der Waals surface area contributed by atoms with Crippen LogP contribution in [0.5, 0.6) is 0 Å². The molecule has 0 aliphatic carbocycles. The van der Waals surface area contributed by atoms with Crippen LogP contribution in [0.4, 0.5) is 0 Å². The first kappa shape index (κ1) is 13.3. The van der Waals surface area contributed by atoms with Crippen LogP contribution in [0.3, 0.4) is 0 Å². The van der Waals surface area contributed by atoms with Gasteiger partial charge in [0.05, 0.1) is 13.2 Å². The van der Waals surface area contributed by atoms with Gasteiger partial charge in [-0.2, -0.15) is 0 Å². The Morgan fingerprint density at radius 2 is 2.22 bits per heavy atom. The third-order valence-corrected chi connectivity index (χ3v) is 3.26. The molecule has 0 unspecified atom stereocenters. The number of hydrogen-bond acceptors (Lipinski definition) is 3. The zero-order chi connectivity index (χ0) is 12.8. The van der Waals surface area contributed by atoms with Crippen molar-refractivity contribution in [3.8, 4) is 0 Å². The fourth-order valence-corrected chi connectivity index (χ4v) is 2.14. The van der Waals surface area contributed by atoms with Crippen molar-refractivity contribution in [2.45, 2.75) is 31.3 Å². The lowest BCUT2D eigenvalue weighted by Gasteiger charge is -2.25. The summed E-state index contributed by atoms with van der Waals surface area (Å²) < 4.78 is 16.8. The summed E-state index contributed by atoms with van der Waals surface area (Å²) in [7, 11) is 1.66. The maximum atomic E-state index is 5.82. The van der Waals surface area contributed by atoms with Gasteiger partial charge in [-0.25, -0.2) is 0 Å². The number of hydrogen-bond donors (Lipinski definition) is 0. The summed E-state index contributed by atoms with van der Waals surface area (Å²) in [5.41, 5.74) is 0.771. The second-order valence-electron chi connectivity index (χ2n) is 4.57. The highest BCUT2D eigenvalue weighted by molar-refractivity contribution is 5.13. The van der Waals surface area contributed by atoms with Crippen molar-refractivity contribution in [2.75, 3.05) is 13.7 Å². The molecule has 0 N–H and O–H groups in total. The van der Waals surface area contributed by atoms with Crippen molar-refractivity contribution in [3.05, 3.63) is 48.6 Å². The van der Waals surface area contributed by atoms with Gasteiger partial charge in [0, 0.05) is 13.5 Å². The van der Waals surface area contributed by atoms with E-state index in [1.54, 1.807) is 7.11 Å². The third-order valence-electron chi connectivity index (χ3n) is 3.26. The molecule has 1 saturated heterocycles. The minimum atomic E-state index is -0.393. The van der Waals surface area contributed by atoms with Gasteiger partial charge < -0.3 is 14.2 Å². The lowest BCUT2D eigenvalue weighted by Crippen LogP contribution is -2.32. The van der Waals surface area contributed by atoms with E-state index in [9.17, 15) is 0 Å². The summed E-state index contributed by atoms with van der Waals surface area (Å²) in [6.45, 7) is 4.96.